The first-order valence-electron chi connectivity index (χ1n) is 10.5. The zero-order chi connectivity index (χ0) is 25.3. The number of ether oxygens (including phenoxy) is 1. The van der Waals surface area contributed by atoms with Crippen LogP contribution in [0.2, 0.25) is 0 Å². The lowest BCUT2D eigenvalue weighted by Gasteiger charge is -2.28. The molecule has 3 rings (SSSR count). The van der Waals surface area contributed by atoms with E-state index in [2.05, 4.69) is 9.82 Å². The summed E-state index contributed by atoms with van der Waals surface area (Å²) in [5, 5.41) is 4.40. The Balaban J connectivity index is 1.90. The van der Waals surface area contributed by atoms with Crippen LogP contribution >= 0.6 is 0 Å². The maximum Gasteiger partial charge on any atom is 0.416 e. The van der Waals surface area contributed by atoms with Crippen molar-refractivity contribution in [1.82, 2.24) is 18.8 Å². The van der Waals surface area contributed by atoms with Gasteiger partial charge in [0.1, 0.15) is 5.75 Å². The molecule has 34 heavy (non-hydrogen) atoms. The minimum absolute atomic E-state index is 0.230. The standard InChI is InChI=1S/C23H27F3N4O3S/c1-6-30-20(15-21(27-30)33-19-12-10-17(11-13-19)23(24,25)26)16-8-7-9-18(14-16)22(2,3)28-34(31,32)29(4)5/h7-15,28H,6H2,1-5H3. The van der Waals surface area contributed by atoms with Crippen LogP contribution in [0.15, 0.2) is 54.6 Å². The van der Waals surface area contributed by atoms with Crippen molar-refractivity contribution in [3.63, 3.8) is 0 Å². The van der Waals surface area contributed by atoms with Crippen LogP contribution in [0.25, 0.3) is 11.3 Å². The first-order valence-corrected chi connectivity index (χ1v) is 11.9. The van der Waals surface area contributed by atoms with Gasteiger partial charge in [0.25, 0.3) is 10.2 Å². The van der Waals surface area contributed by atoms with Gasteiger partial charge < -0.3 is 4.74 Å². The van der Waals surface area contributed by atoms with Crippen molar-refractivity contribution < 1.29 is 26.3 Å². The first kappa shape index (κ1) is 25.7. The van der Waals surface area contributed by atoms with E-state index in [1.165, 1.54) is 26.2 Å². The van der Waals surface area contributed by atoms with Crippen molar-refractivity contribution in [1.29, 1.82) is 0 Å². The fourth-order valence-corrected chi connectivity index (χ4v) is 4.23. The number of benzene rings is 2. The molecule has 0 saturated heterocycles. The van der Waals surface area contributed by atoms with Crippen molar-refractivity contribution >= 4 is 10.2 Å². The smallest absolute Gasteiger partial charge is 0.416 e. The molecule has 3 aromatic rings. The van der Waals surface area contributed by atoms with Gasteiger partial charge in [0.2, 0.25) is 5.88 Å². The Hall–Kier alpha value is -2.89. The summed E-state index contributed by atoms with van der Waals surface area (Å²) in [5.74, 6) is 0.461. The van der Waals surface area contributed by atoms with Crippen LogP contribution in [-0.2, 0) is 28.5 Å². The molecule has 0 aliphatic rings. The predicted octanol–water partition coefficient (Wildman–Crippen LogP) is 5.01. The van der Waals surface area contributed by atoms with Crippen molar-refractivity contribution in [3.05, 3.63) is 65.7 Å². The van der Waals surface area contributed by atoms with E-state index in [-0.39, 0.29) is 11.6 Å². The molecule has 0 bridgehead atoms. The molecule has 1 heterocycles. The van der Waals surface area contributed by atoms with Crippen LogP contribution in [0.4, 0.5) is 13.2 Å². The summed E-state index contributed by atoms with van der Waals surface area (Å²) in [5.41, 5.74) is 0.590. The number of hydrogen-bond acceptors (Lipinski definition) is 4. The summed E-state index contributed by atoms with van der Waals surface area (Å²) >= 11 is 0. The second-order valence-electron chi connectivity index (χ2n) is 8.40. The zero-order valence-corrected chi connectivity index (χ0v) is 20.3. The molecule has 0 spiro atoms. The number of alkyl halides is 3. The Kier molecular flexibility index (Phi) is 7.11. The molecule has 7 nitrogen and oxygen atoms in total. The van der Waals surface area contributed by atoms with Gasteiger partial charge in [0.15, 0.2) is 0 Å². The normalized spacial score (nSPS) is 12.9. The third kappa shape index (κ3) is 5.78. The third-order valence-electron chi connectivity index (χ3n) is 5.21. The summed E-state index contributed by atoms with van der Waals surface area (Å²) in [6.07, 6.45) is -4.42. The van der Waals surface area contributed by atoms with Crippen molar-refractivity contribution in [2.24, 2.45) is 0 Å². The van der Waals surface area contributed by atoms with E-state index in [0.29, 0.717) is 6.54 Å². The molecular weight excluding hydrogens is 469 g/mol. The zero-order valence-electron chi connectivity index (χ0n) is 19.5. The number of nitrogens with zero attached hydrogens (tertiary/aromatic N) is 3. The van der Waals surface area contributed by atoms with Crippen LogP contribution in [0.3, 0.4) is 0 Å². The minimum Gasteiger partial charge on any atom is -0.438 e. The second-order valence-corrected chi connectivity index (χ2v) is 10.3. The highest BCUT2D eigenvalue weighted by atomic mass is 32.2. The van der Waals surface area contributed by atoms with Gasteiger partial charge in [-0.15, -0.1) is 5.10 Å². The molecule has 0 saturated carbocycles. The van der Waals surface area contributed by atoms with Gasteiger partial charge in [0, 0.05) is 32.3 Å². The number of aromatic nitrogens is 2. The summed E-state index contributed by atoms with van der Waals surface area (Å²) in [7, 11) is -0.759. The van der Waals surface area contributed by atoms with Gasteiger partial charge in [-0.3, -0.25) is 4.68 Å². The molecule has 0 fully saturated rings. The van der Waals surface area contributed by atoms with Gasteiger partial charge >= 0.3 is 6.18 Å². The van der Waals surface area contributed by atoms with Gasteiger partial charge in [-0.1, -0.05) is 18.2 Å². The van der Waals surface area contributed by atoms with E-state index in [1.54, 1.807) is 24.6 Å². The Labute approximate surface area is 197 Å². The maximum absolute atomic E-state index is 12.8. The number of hydrogen-bond donors (Lipinski definition) is 1. The Morgan fingerprint density at radius 3 is 2.24 bits per heavy atom. The monoisotopic (exact) mass is 496 g/mol. The fourth-order valence-electron chi connectivity index (χ4n) is 3.29. The largest absolute Gasteiger partial charge is 0.438 e. The minimum atomic E-state index is -4.42. The van der Waals surface area contributed by atoms with Crippen molar-refractivity contribution in [3.8, 4) is 22.9 Å². The summed E-state index contributed by atoms with van der Waals surface area (Å²) < 4.78 is 74.2. The Morgan fingerprint density at radius 1 is 1.03 bits per heavy atom. The number of nitrogens with one attached hydrogen (secondary N) is 1. The van der Waals surface area contributed by atoms with Crippen LogP contribution in [-0.4, -0.2) is 36.6 Å². The van der Waals surface area contributed by atoms with E-state index < -0.39 is 27.5 Å². The SMILES string of the molecule is CCn1nc(Oc2ccc(C(F)(F)F)cc2)cc1-c1cccc(C(C)(C)NS(=O)(=O)N(C)C)c1. The van der Waals surface area contributed by atoms with Crippen molar-refractivity contribution in [2.45, 2.75) is 39.0 Å². The summed E-state index contributed by atoms with van der Waals surface area (Å²) in [6, 6.07) is 13.5. The number of rotatable bonds is 8. The van der Waals surface area contributed by atoms with Gasteiger partial charge in [-0.25, -0.2) is 0 Å². The topological polar surface area (TPSA) is 76.5 Å². The highest BCUT2D eigenvalue weighted by molar-refractivity contribution is 7.87. The van der Waals surface area contributed by atoms with E-state index >= 15 is 0 Å². The second kappa shape index (κ2) is 9.40. The van der Waals surface area contributed by atoms with Gasteiger partial charge in [0.05, 0.1) is 16.8 Å². The molecule has 184 valence electrons. The van der Waals surface area contributed by atoms with Gasteiger partial charge in [-0.05, 0) is 56.7 Å². The van der Waals surface area contributed by atoms with Crippen LogP contribution in [0, 0.1) is 0 Å². The predicted molar refractivity (Wildman–Crippen MR) is 124 cm³/mol. The number of aryl methyl sites for hydroxylation is 1. The van der Waals surface area contributed by atoms with E-state index in [1.807, 2.05) is 31.2 Å². The molecule has 0 aliphatic heterocycles. The van der Waals surface area contributed by atoms with Crippen molar-refractivity contribution in [2.75, 3.05) is 14.1 Å². The van der Waals surface area contributed by atoms with Crippen LogP contribution < -0.4 is 9.46 Å². The molecule has 0 atom stereocenters. The first-order chi connectivity index (χ1) is 15.7. The molecule has 0 amide bonds. The Bertz CT molecular complexity index is 1250. The fraction of sp³-hybridized carbons (Fsp3) is 0.348. The van der Waals surface area contributed by atoms with Gasteiger partial charge in [-0.2, -0.15) is 30.6 Å². The average Bonchev–Trinajstić information content (AvgIpc) is 3.15. The quantitative estimate of drug-likeness (QED) is 0.476. The molecule has 0 radical (unpaired) electrons. The molecule has 1 aromatic heterocycles. The van der Waals surface area contributed by atoms with E-state index in [4.69, 9.17) is 4.74 Å². The Morgan fingerprint density at radius 2 is 1.68 bits per heavy atom. The molecule has 2 aromatic carbocycles. The highest BCUT2D eigenvalue weighted by Gasteiger charge is 2.30. The average molecular weight is 497 g/mol. The lowest BCUT2D eigenvalue weighted by Crippen LogP contribution is -2.46. The molecule has 0 aliphatic carbocycles. The maximum atomic E-state index is 12.8. The third-order valence-corrected chi connectivity index (χ3v) is 6.94. The van der Waals surface area contributed by atoms with E-state index in [9.17, 15) is 21.6 Å². The number of halogens is 3. The molecular formula is C23H27F3N4O3S. The molecule has 0 unspecified atom stereocenters. The summed E-state index contributed by atoms with van der Waals surface area (Å²) in [4.78, 5) is 0. The highest BCUT2D eigenvalue weighted by Crippen LogP contribution is 2.33. The van der Waals surface area contributed by atoms with Crippen LogP contribution in [0.5, 0.6) is 11.6 Å². The molecule has 1 N–H and O–H groups in total. The van der Waals surface area contributed by atoms with Crippen LogP contribution in [0.1, 0.15) is 31.9 Å². The lowest BCUT2D eigenvalue weighted by molar-refractivity contribution is -0.137. The summed E-state index contributed by atoms with van der Waals surface area (Å²) in [6.45, 7) is 5.96. The lowest BCUT2D eigenvalue weighted by atomic mass is 9.93. The molecule has 11 heteroatoms. The van der Waals surface area contributed by atoms with E-state index in [0.717, 1.165) is 33.3 Å².